The molecule has 2 fully saturated rings. The lowest BCUT2D eigenvalue weighted by Gasteiger charge is -2.27. The quantitative estimate of drug-likeness (QED) is 0.757. The number of benzene rings is 1. The number of hydrogen-bond donors (Lipinski definition) is 0. The minimum Gasteiger partial charge on any atom is -0.341 e. The van der Waals surface area contributed by atoms with Crippen molar-refractivity contribution in [2.24, 2.45) is 5.92 Å². The van der Waals surface area contributed by atoms with Crippen molar-refractivity contribution in [2.45, 2.75) is 25.8 Å². The minimum absolute atomic E-state index is 0.0361. The fourth-order valence-corrected chi connectivity index (χ4v) is 5.03. The standard InChI is InChI=1S/C23H27N3O3S/c1-17(18-7-3-2-4-8-18)26-16-19(15-21(26)27)22(28)24-10-6-11-25(13-12-24)23(29)20-9-5-14-30-20/h2-5,7-9,14,17,19H,6,10-13,15-16H2,1H3. The van der Waals surface area contributed by atoms with Gasteiger partial charge in [0.05, 0.1) is 16.8 Å². The maximum atomic E-state index is 13.2. The Morgan fingerprint density at radius 2 is 1.73 bits per heavy atom. The molecule has 2 atom stereocenters. The predicted octanol–water partition coefficient (Wildman–Crippen LogP) is 3.03. The molecule has 158 valence electrons. The van der Waals surface area contributed by atoms with E-state index in [2.05, 4.69) is 0 Å². The molecule has 2 aliphatic heterocycles. The van der Waals surface area contributed by atoms with E-state index in [0.717, 1.165) is 16.9 Å². The fraction of sp³-hybridized carbons (Fsp3) is 0.435. The van der Waals surface area contributed by atoms with Gasteiger partial charge >= 0.3 is 0 Å². The van der Waals surface area contributed by atoms with Gasteiger partial charge in [-0.25, -0.2) is 0 Å². The van der Waals surface area contributed by atoms with E-state index in [9.17, 15) is 14.4 Å². The summed E-state index contributed by atoms with van der Waals surface area (Å²) in [5, 5.41) is 1.90. The third-order valence-corrected chi connectivity index (χ3v) is 6.94. The molecule has 0 N–H and O–H groups in total. The van der Waals surface area contributed by atoms with Gasteiger partial charge in [-0.1, -0.05) is 36.4 Å². The molecule has 0 radical (unpaired) electrons. The van der Waals surface area contributed by atoms with Gasteiger partial charge < -0.3 is 14.7 Å². The Kier molecular flexibility index (Phi) is 6.18. The number of carbonyl (C=O) groups excluding carboxylic acids is 3. The molecule has 3 heterocycles. The number of nitrogens with zero attached hydrogens (tertiary/aromatic N) is 3. The predicted molar refractivity (Wildman–Crippen MR) is 116 cm³/mol. The zero-order chi connectivity index (χ0) is 21.1. The molecular formula is C23H27N3O3S. The number of hydrogen-bond acceptors (Lipinski definition) is 4. The van der Waals surface area contributed by atoms with Gasteiger partial charge in [0.1, 0.15) is 0 Å². The second-order valence-electron chi connectivity index (χ2n) is 7.98. The molecule has 2 aromatic rings. The van der Waals surface area contributed by atoms with Crippen molar-refractivity contribution in [1.29, 1.82) is 0 Å². The smallest absolute Gasteiger partial charge is 0.263 e. The molecule has 1 aromatic heterocycles. The molecule has 0 spiro atoms. The normalized spacial score (nSPS) is 20.9. The number of carbonyl (C=O) groups is 3. The van der Waals surface area contributed by atoms with Crippen molar-refractivity contribution >= 4 is 29.1 Å². The Morgan fingerprint density at radius 1 is 1.00 bits per heavy atom. The summed E-state index contributed by atoms with van der Waals surface area (Å²) in [7, 11) is 0. The largest absolute Gasteiger partial charge is 0.341 e. The van der Waals surface area contributed by atoms with E-state index in [0.29, 0.717) is 32.7 Å². The van der Waals surface area contributed by atoms with Crippen LogP contribution < -0.4 is 0 Å². The zero-order valence-electron chi connectivity index (χ0n) is 17.2. The molecule has 30 heavy (non-hydrogen) atoms. The van der Waals surface area contributed by atoms with Gasteiger partial charge in [0, 0.05) is 39.1 Å². The molecule has 6 nitrogen and oxygen atoms in total. The van der Waals surface area contributed by atoms with Crippen LogP contribution in [0.1, 0.15) is 41.0 Å². The molecule has 0 aliphatic carbocycles. The van der Waals surface area contributed by atoms with Crippen molar-refractivity contribution in [1.82, 2.24) is 14.7 Å². The maximum absolute atomic E-state index is 13.2. The summed E-state index contributed by atoms with van der Waals surface area (Å²) in [5.74, 6) is -0.188. The third kappa shape index (κ3) is 4.26. The summed E-state index contributed by atoms with van der Waals surface area (Å²) in [4.78, 5) is 44.6. The fourth-order valence-electron chi connectivity index (χ4n) is 4.34. The molecule has 3 amide bonds. The second-order valence-corrected chi connectivity index (χ2v) is 8.93. The second kappa shape index (κ2) is 9.00. The summed E-state index contributed by atoms with van der Waals surface area (Å²) >= 11 is 1.45. The van der Waals surface area contributed by atoms with Crippen LogP contribution in [0.15, 0.2) is 47.8 Å². The molecule has 2 unspecified atom stereocenters. The van der Waals surface area contributed by atoms with Crippen molar-refractivity contribution < 1.29 is 14.4 Å². The van der Waals surface area contributed by atoms with Crippen LogP contribution in [0.25, 0.3) is 0 Å². The summed E-state index contributed by atoms with van der Waals surface area (Å²) in [6, 6.07) is 13.6. The summed E-state index contributed by atoms with van der Waals surface area (Å²) in [6.45, 7) is 4.82. The highest BCUT2D eigenvalue weighted by atomic mass is 32.1. The van der Waals surface area contributed by atoms with Crippen LogP contribution in [0.3, 0.4) is 0 Å². The lowest BCUT2D eigenvalue weighted by molar-refractivity contribution is -0.135. The van der Waals surface area contributed by atoms with Crippen molar-refractivity contribution in [2.75, 3.05) is 32.7 Å². The summed E-state index contributed by atoms with van der Waals surface area (Å²) in [6.07, 6.45) is 1.03. The van der Waals surface area contributed by atoms with Gasteiger partial charge in [-0.3, -0.25) is 14.4 Å². The summed E-state index contributed by atoms with van der Waals surface area (Å²) in [5.41, 5.74) is 1.08. The Balaban J connectivity index is 1.36. The SMILES string of the molecule is CC(c1ccccc1)N1CC(C(=O)N2CCCN(C(=O)c3cccs3)CC2)CC1=O. The van der Waals surface area contributed by atoms with Gasteiger partial charge in [0.25, 0.3) is 5.91 Å². The Bertz CT molecular complexity index is 900. The van der Waals surface area contributed by atoms with Crippen LogP contribution >= 0.6 is 11.3 Å². The van der Waals surface area contributed by atoms with Crippen LogP contribution in [0, 0.1) is 5.92 Å². The maximum Gasteiger partial charge on any atom is 0.263 e. The van der Waals surface area contributed by atoms with Crippen molar-refractivity contribution in [3.05, 3.63) is 58.3 Å². The van der Waals surface area contributed by atoms with Crippen LogP contribution in [-0.4, -0.2) is 65.1 Å². The minimum atomic E-state index is -0.303. The van der Waals surface area contributed by atoms with E-state index >= 15 is 0 Å². The van der Waals surface area contributed by atoms with E-state index < -0.39 is 0 Å². The van der Waals surface area contributed by atoms with E-state index in [4.69, 9.17) is 0 Å². The molecule has 7 heteroatoms. The first-order valence-corrected chi connectivity index (χ1v) is 11.4. The van der Waals surface area contributed by atoms with E-state index in [-0.39, 0.29) is 36.1 Å². The average Bonchev–Trinajstić information content (AvgIpc) is 3.37. The molecule has 2 aliphatic rings. The van der Waals surface area contributed by atoms with Gasteiger partial charge in [0.2, 0.25) is 11.8 Å². The van der Waals surface area contributed by atoms with E-state index in [1.165, 1.54) is 11.3 Å². The molecule has 4 rings (SSSR count). The average molecular weight is 426 g/mol. The monoisotopic (exact) mass is 425 g/mol. The highest BCUT2D eigenvalue weighted by Gasteiger charge is 2.39. The number of likely N-dealkylation sites (tertiary alicyclic amines) is 1. The highest BCUT2D eigenvalue weighted by Crippen LogP contribution is 2.29. The summed E-state index contributed by atoms with van der Waals surface area (Å²) < 4.78 is 0. The van der Waals surface area contributed by atoms with E-state index in [1.807, 2.05) is 69.5 Å². The first-order valence-electron chi connectivity index (χ1n) is 10.5. The van der Waals surface area contributed by atoms with Crippen LogP contribution in [0.4, 0.5) is 0 Å². The van der Waals surface area contributed by atoms with Gasteiger partial charge in [0.15, 0.2) is 0 Å². The Labute approximate surface area is 181 Å². The van der Waals surface area contributed by atoms with Crippen LogP contribution in [0.5, 0.6) is 0 Å². The number of thiophene rings is 1. The molecule has 1 aromatic carbocycles. The van der Waals surface area contributed by atoms with Gasteiger partial charge in [-0.15, -0.1) is 11.3 Å². The number of rotatable bonds is 4. The van der Waals surface area contributed by atoms with Crippen LogP contribution in [-0.2, 0) is 9.59 Å². The van der Waals surface area contributed by atoms with Gasteiger partial charge in [-0.2, -0.15) is 0 Å². The molecule has 0 saturated carbocycles. The topological polar surface area (TPSA) is 60.9 Å². The first kappa shape index (κ1) is 20.6. The highest BCUT2D eigenvalue weighted by molar-refractivity contribution is 7.12. The lowest BCUT2D eigenvalue weighted by atomic mass is 10.1. The lowest BCUT2D eigenvalue weighted by Crippen LogP contribution is -2.40. The third-order valence-electron chi connectivity index (χ3n) is 6.08. The number of amides is 3. The van der Waals surface area contributed by atoms with Crippen molar-refractivity contribution in [3.63, 3.8) is 0 Å². The molecule has 0 bridgehead atoms. The molecule has 2 saturated heterocycles. The Hall–Kier alpha value is -2.67. The zero-order valence-corrected chi connectivity index (χ0v) is 18.0. The van der Waals surface area contributed by atoms with Crippen LogP contribution in [0.2, 0.25) is 0 Å². The van der Waals surface area contributed by atoms with Gasteiger partial charge in [-0.05, 0) is 30.4 Å². The molecular weight excluding hydrogens is 398 g/mol. The Morgan fingerprint density at radius 3 is 2.47 bits per heavy atom. The first-order chi connectivity index (χ1) is 14.5. The van der Waals surface area contributed by atoms with E-state index in [1.54, 1.807) is 0 Å². The van der Waals surface area contributed by atoms with Crippen molar-refractivity contribution in [3.8, 4) is 0 Å².